The van der Waals surface area contributed by atoms with Crippen LogP contribution in [-0.2, 0) is 0 Å². The van der Waals surface area contributed by atoms with Crippen LogP contribution in [-0.4, -0.2) is 37.6 Å². The summed E-state index contributed by atoms with van der Waals surface area (Å²) in [6.45, 7) is 11.2. The van der Waals surface area contributed by atoms with E-state index >= 15 is 0 Å². The fraction of sp³-hybridized carbons (Fsp3) is 1.00. The Labute approximate surface area is 94.4 Å². The number of piperidine rings is 1. The van der Waals surface area contributed by atoms with Crippen molar-refractivity contribution < 1.29 is 0 Å². The van der Waals surface area contributed by atoms with E-state index in [1.807, 2.05) is 0 Å². The molecule has 0 aromatic carbocycles. The van der Waals surface area contributed by atoms with Gasteiger partial charge >= 0.3 is 0 Å². The lowest BCUT2D eigenvalue weighted by Gasteiger charge is -2.37. The van der Waals surface area contributed by atoms with E-state index in [1.165, 1.54) is 58.4 Å². The molecule has 0 bridgehead atoms. The summed E-state index contributed by atoms with van der Waals surface area (Å²) >= 11 is 0. The lowest BCUT2D eigenvalue weighted by Crippen LogP contribution is -2.42. The van der Waals surface area contributed by atoms with Gasteiger partial charge in [-0.2, -0.15) is 0 Å². The average molecular weight is 210 g/mol. The highest BCUT2D eigenvalue weighted by Crippen LogP contribution is 2.31. The first kappa shape index (κ1) is 11.4. The molecule has 2 fully saturated rings. The topological polar surface area (TPSA) is 15.3 Å². The highest BCUT2D eigenvalue weighted by molar-refractivity contribution is 4.90. The molecule has 0 aliphatic carbocycles. The quantitative estimate of drug-likeness (QED) is 0.767. The first-order valence-corrected chi connectivity index (χ1v) is 6.67. The van der Waals surface area contributed by atoms with Crippen molar-refractivity contribution in [1.82, 2.24) is 10.2 Å². The van der Waals surface area contributed by atoms with Crippen molar-refractivity contribution in [2.24, 2.45) is 11.3 Å². The van der Waals surface area contributed by atoms with Crippen molar-refractivity contribution in [3.8, 4) is 0 Å². The number of hydrogen-bond donors (Lipinski definition) is 1. The third-order valence-electron chi connectivity index (χ3n) is 4.52. The van der Waals surface area contributed by atoms with E-state index in [0.29, 0.717) is 5.41 Å². The molecule has 0 amide bonds. The second-order valence-corrected chi connectivity index (χ2v) is 5.74. The number of nitrogens with one attached hydrogen (secondary N) is 1. The van der Waals surface area contributed by atoms with E-state index in [0.717, 1.165) is 5.92 Å². The van der Waals surface area contributed by atoms with Crippen LogP contribution in [0.4, 0.5) is 0 Å². The molecule has 0 spiro atoms. The van der Waals surface area contributed by atoms with Crippen LogP contribution < -0.4 is 5.32 Å². The van der Waals surface area contributed by atoms with Crippen LogP contribution in [0.3, 0.4) is 0 Å². The van der Waals surface area contributed by atoms with Gasteiger partial charge in [-0.25, -0.2) is 0 Å². The third-order valence-corrected chi connectivity index (χ3v) is 4.52. The molecule has 0 aromatic heterocycles. The van der Waals surface area contributed by atoms with Crippen LogP contribution in [0.1, 0.15) is 39.5 Å². The maximum atomic E-state index is 3.54. The lowest BCUT2D eigenvalue weighted by atomic mass is 9.83. The summed E-state index contributed by atoms with van der Waals surface area (Å²) in [5.74, 6) is 0.959. The summed E-state index contributed by atoms with van der Waals surface area (Å²) in [5, 5.41) is 3.54. The zero-order chi connectivity index (χ0) is 10.7. The SMILES string of the molecule is CCC1(CN2CCC(C)CC2)CCNC1. The predicted octanol–water partition coefficient (Wildman–Crippen LogP) is 2.11. The Hall–Kier alpha value is -0.0800. The second-order valence-electron chi connectivity index (χ2n) is 5.74. The molecule has 2 aliphatic heterocycles. The maximum Gasteiger partial charge on any atom is 0.00505 e. The molecule has 2 aliphatic rings. The monoisotopic (exact) mass is 210 g/mol. The van der Waals surface area contributed by atoms with Gasteiger partial charge in [-0.15, -0.1) is 0 Å². The third kappa shape index (κ3) is 2.73. The lowest BCUT2D eigenvalue weighted by molar-refractivity contribution is 0.120. The van der Waals surface area contributed by atoms with Gasteiger partial charge in [-0.1, -0.05) is 13.8 Å². The Bertz CT molecular complexity index is 189. The molecule has 1 atom stereocenters. The molecule has 2 saturated heterocycles. The molecule has 2 heterocycles. The average Bonchev–Trinajstić information content (AvgIpc) is 2.71. The van der Waals surface area contributed by atoms with Gasteiger partial charge in [0.05, 0.1) is 0 Å². The van der Waals surface area contributed by atoms with Crippen LogP contribution in [0.2, 0.25) is 0 Å². The first-order valence-electron chi connectivity index (χ1n) is 6.67. The fourth-order valence-electron chi connectivity index (χ4n) is 3.04. The molecule has 1 unspecified atom stereocenters. The molecule has 2 heteroatoms. The molecular formula is C13H26N2. The van der Waals surface area contributed by atoms with Gasteiger partial charge in [0.15, 0.2) is 0 Å². The normalized spacial score (nSPS) is 34.8. The van der Waals surface area contributed by atoms with Crippen LogP contribution in [0.5, 0.6) is 0 Å². The Morgan fingerprint density at radius 3 is 2.60 bits per heavy atom. The Kier molecular flexibility index (Phi) is 3.68. The predicted molar refractivity (Wildman–Crippen MR) is 65.0 cm³/mol. The van der Waals surface area contributed by atoms with Crippen molar-refractivity contribution in [3.05, 3.63) is 0 Å². The van der Waals surface area contributed by atoms with E-state index in [-0.39, 0.29) is 0 Å². The van der Waals surface area contributed by atoms with Gasteiger partial charge in [-0.3, -0.25) is 0 Å². The van der Waals surface area contributed by atoms with Crippen molar-refractivity contribution in [3.63, 3.8) is 0 Å². The minimum atomic E-state index is 0.598. The van der Waals surface area contributed by atoms with Crippen LogP contribution in [0.15, 0.2) is 0 Å². The molecule has 2 nitrogen and oxygen atoms in total. The summed E-state index contributed by atoms with van der Waals surface area (Å²) in [6.07, 6.45) is 5.54. The molecule has 15 heavy (non-hydrogen) atoms. The molecule has 0 aromatic rings. The number of rotatable bonds is 3. The van der Waals surface area contributed by atoms with Crippen molar-refractivity contribution >= 4 is 0 Å². The van der Waals surface area contributed by atoms with E-state index in [1.54, 1.807) is 0 Å². The van der Waals surface area contributed by atoms with E-state index in [4.69, 9.17) is 0 Å². The highest BCUT2D eigenvalue weighted by Gasteiger charge is 2.34. The molecule has 1 N–H and O–H groups in total. The molecule has 0 saturated carbocycles. The molecule has 2 rings (SSSR count). The Balaban J connectivity index is 1.84. The van der Waals surface area contributed by atoms with Gasteiger partial charge in [0.2, 0.25) is 0 Å². The highest BCUT2D eigenvalue weighted by atomic mass is 15.1. The van der Waals surface area contributed by atoms with Crippen LogP contribution in [0.25, 0.3) is 0 Å². The van der Waals surface area contributed by atoms with Crippen molar-refractivity contribution in [2.45, 2.75) is 39.5 Å². The van der Waals surface area contributed by atoms with Gasteiger partial charge < -0.3 is 10.2 Å². The minimum absolute atomic E-state index is 0.598. The summed E-state index contributed by atoms with van der Waals surface area (Å²) in [4.78, 5) is 2.70. The summed E-state index contributed by atoms with van der Waals surface area (Å²) in [7, 11) is 0. The minimum Gasteiger partial charge on any atom is -0.316 e. The molecular weight excluding hydrogens is 184 g/mol. The number of nitrogens with zero attached hydrogens (tertiary/aromatic N) is 1. The van der Waals surface area contributed by atoms with Crippen molar-refractivity contribution in [2.75, 3.05) is 32.7 Å². The standard InChI is InChI=1S/C13H26N2/c1-3-13(6-7-14-10-13)11-15-8-4-12(2)5-9-15/h12,14H,3-11H2,1-2H3. The summed E-state index contributed by atoms with van der Waals surface area (Å²) < 4.78 is 0. The Morgan fingerprint density at radius 2 is 2.07 bits per heavy atom. The zero-order valence-electron chi connectivity index (χ0n) is 10.4. The number of hydrogen-bond acceptors (Lipinski definition) is 2. The van der Waals surface area contributed by atoms with Gasteiger partial charge in [0.25, 0.3) is 0 Å². The maximum absolute atomic E-state index is 3.54. The van der Waals surface area contributed by atoms with Crippen molar-refractivity contribution in [1.29, 1.82) is 0 Å². The second kappa shape index (κ2) is 4.84. The van der Waals surface area contributed by atoms with E-state index in [9.17, 15) is 0 Å². The summed E-state index contributed by atoms with van der Waals surface area (Å²) in [6, 6.07) is 0. The molecule has 88 valence electrons. The first-order chi connectivity index (χ1) is 7.24. The zero-order valence-corrected chi connectivity index (χ0v) is 10.4. The number of likely N-dealkylation sites (tertiary alicyclic amines) is 1. The van der Waals surface area contributed by atoms with Gasteiger partial charge in [0.1, 0.15) is 0 Å². The largest absolute Gasteiger partial charge is 0.316 e. The molecule has 0 radical (unpaired) electrons. The van der Waals surface area contributed by atoms with Crippen LogP contribution >= 0.6 is 0 Å². The summed E-state index contributed by atoms with van der Waals surface area (Å²) in [5.41, 5.74) is 0.598. The fourth-order valence-corrected chi connectivity index (χ4v) is 3.04. The smallest absolute Gasteiger partial charge is 0.00505 e. The van der Waals surface area contributed by atoms with Gasteiger partial charge in [0, 0.05) is 13.1 Å². The van der Waals surface area contributed by atoms with E-state index < -0.39 is 0 Å². The Morgan fingerprint density at radius 1 is 1.33 bits per heavy atom. The van der Waals surface area contributed by atoms with E-state index in [2.05, 4.69) is 24.1 Å². The van der Waals surface area contributed by atoms with Crippen LogP contribution in [0, 0.1) is 11.3 Å². The van der Waals surface area contributed by atoms with Gasteiger partial charge in [-0.05, 0) is 56.7 Å².